The molecule has 3 rings (SSSR count). The molecule has 0 aromatic carbocycles. The molecule has 0 aliphatic rings. The summed E-state index contributed by atoms with van der Waals surface area (Å²) in [6.07, 6.45) is 2.78. The molecular formula is C13H14N4O3. The smallest absolute Gasteiger partial charge is 0.277 e. The maximum absolute atomic E-state index is 11.9. The van der Waals surface area contributed by atoms with Crippen LogP contribution in [-0.2, 0) is 6.54 Å². The second-order valence-electron chi connectivity index (χ2n) is 4.61. The molecule has 0 fully saturated rings. The first kappa shape index (κ1) is 12.8. The van der Waals surface area contributed by atoms with Crippen LogP contribution in [0.5, 0.6) is 0 Å². The number of rotatable bonds is 4. The Bertz CT molecular complexity index is 808. The lowest BCUT2D eigenvalue weighted by Crippen LogP contribution is -2.15. The number of aromatic amines is 1. The summed E-state index contributed by atoms with van der Waals surface area (Å²) in [5, 5.41) is 19.1. The number of aromatic nitrogens is 4. The summed E-state index contributed by atoms with van der Waals surface area (Å²) < 4.78 is 1.80. The average Bonchev–Trinajstić information content (AvgIpc) is 2.90. The van der Waals surface area contributed by atoms with Crippen molar-refractivity contribution in [2.45, 2.75) is 19.1 Å². The molecule has 0 bridgehead atoms. The average molecular weight is 274 g/mol. The molecule has 3 heterocycles. The fourth-order valence-corrected chi connectivity index (χ4v) is 2.24. The number of aryl methyl sites for hydroxylation is 1. The van der Waals surface area contributed by atoms with Gasteiger partial charge in [0.25, 0.3) is 5.56 Å². The fraction of sp³-hybridized carbons (Fsp3) is 0.308. The Morgan fingerprint density at radius 3 is 3.05 bits per heavy atom. The highest BCUT2D eigenvalue weighted by atomic mass is 16.3. The van der Waals surface area contributed by atoms with Gasteiger partial charge in [-0.05, 0) is 18.6 Å². The molecule has 0 spiro atoms. The first-order chi connectivity index (χ1) is 9.70. The predicted octanol–water partition coefficient (Wildman–Crippen LogP) is 0.0161. The molecule has 7 nitrogen and oxygen atoms in total. The zero-order valence-electron chi connectivity index (χ0n) is 10.7. The summed E-state index contributed by atoms with van der Waals surface area (Å²) in [5.41, 5.74) is 1.27. The molecule has 0 aliphatic carbocycles. The van der Waals surface area contributed by atoms with Crippen molar-refractivity contribution in [3.63, 3.8) is 0 Å². The Morgan fingerprint density at radius 2 is 2.25 bits per heavy atom. The van der Waals surface area contributed by atoms with E-state index in [9.17, 15) is 9.90 Å². The molecule has 0 amide bonds. The maximum atomic E-state index is 11.9. The van der Waals surface area contributed by atoms with Gasteiger partial charge in [-0.2, -0.15) is 0 Å². The molecule has 3 aromatic heterocycles. The topological polar surface area (TPSA) is 104 Å². The number of aliphatic hydroxyl groups excluding tert-OH is 2. The maximum Gasteiger partial charge on any atom is 0.277 e. The first-order valence-electron chi connectivity index (χ1n) is 6.31. The van der Waals surface area contributed by atoms with E-state index in [0.717, 1.165) is 5.39 Å². The van der Waals surface area contributed by atoms with Crippen molar-refractivity contribution in [1.29, 1.82) is 0 Å². The van der Waals surface area contributed by atoms with Crippen LogP contribution < -0.4 is 5.56 Å². The number of hydrogen-bond donors (Lipinski definition) is 3. The van der Waals surface area contributed by atoms with E-state index in [1.807, 2.05) is 6.07 Å². The summed E-state index contributed by atoms with van der Waals surface area (Å²) in [5.74, 6) is 0. The predicted molar refractivity (Wildman–Crippen MR) is 73.4 cm³/mol. The third kappa shape index (κ3) is 2.06. The van der Waals surface area contributed by atoms with Crippen LogP contribution in [0.2, 0.25) is 0 Å². The molecule has 0 radical (unpaired) electrons. The van der Waals surface area contributed by atoms with Crippen molar-refractivity contribution in [3.8, 4) is 0 Å². The summed E-state index contributed by atoms with van der Waals surface area (Å²) in [6.45, 7) is 0.182. The minimum Gasteiger partial charge on any atom is -0.394 e. The highest BCUT2D eigenvalue weighted by Crippen LogP contribution is 2.19. The van der Waals surface area contributed by atoms with Crippen molar-refractivity contribution in [2.75, 3.05) is 6.61 Å². The zero-order valence-corrected chi connectivity index (χ0v) is 10.7. The van der Waals surface area contributed by atoms with Gasteiger partial charge in [0.2, 0.25) is 0 Å². The Hall–Kier alpha value is -2.25. The highest BCUT2D eigenvalue weighted by molar-refractivity contribution is 6.00. The van der Waals surface area contributed by atoms with Gasteiger partial charge in [0, 0.05) is 18.1 Å². The molecule has 104 valence electrons. The summed E-state index contributed by atoms with van der Waals surface area (Å²) in [4.78, 5) is 22.9. The van der Waals surface area contributed by atoms with Gasteiger partial charge in [-0.3, -0.25) is 4.79 Å². The summed E-state index contributed by atoms with van der Waals surface area (Å²) in [7, 11) is 0. The van der Waals surface area contributed by atoms with E-state index < -0.39 is 6.10 Å². The van der Waals surface area contributed by atoms with Crippen LogP contribution in [0, 0.1) is 0 Å². The molecule has 0 aliphatic heterocycles. The molecule has 1 atom stereocenters. The third-order valence-electron chi connectivity index (χ3n) is 3.26. The normalized spacial score (nSPS) is 13.1. The van der Waals surface area contributed by atoms with Crippen molar-refractivity contribution in [1.82, 2.24) is 19.5 Å². The molecule has 3 aromatic rings. The number of nitrogens with zero attached hydrogens (tertiary/aromatic N) is 3. The largest absolute Gasteiger partial charge is 0.394 e. The second kappa shape index (κ2) is 5.03. The van der Waals surface area contributed by atoms with Crippen LogP contribution in [0.3, 0.4) is 0 Å². The Morgan fingerprint density at radius 1 is 1.40 bits per heavy atom. The van der Waals surface area contributed by atoms with E-state index in [-0.39, 0.29) is 12.2 Å². The number of pyridine rings is 2. The molecule has 1 unspecified atom stereocenters. The minimum absolute atomic E-state index is 0.282. The van der Waals surface area contributed by atoms with Gasteiger partial charge < -0.3 is 19.8 Å². The number of aliphatic hydroxyl groups is 2. The van der Waals surface area contributed by atoms with E-state index >= 15 is 0 Å². The van der Waals surface area contributed by atoms with Crippen molar-refractivity contribution >= 4 is 22.1 Å². The molecule has 0 saturated carbocycles. The van der Waals surface area contributed by atoms with Gasteiger partial charge in [-0.25, -0.2) is 9.97 Å². The number of H-pyrrole nitrogens is 1. The van der Waals surface area contributed by atoms with Crippen molar-refractivity contribution in [3.05, 3.63) is 35.0 Å². The quantitative estimate of drug-likeness (QED) is 0.622. The molecule has 20 heavy (non-hydrogen) atoms. The lowest BCUT2D eigenvalue weighted by Gasteiger charge is -2.09. The highest BCUT2D eigenvalue weighted by Gasteiger charge is 2.12. The Balaban J connectivity index is 2.16. The van der Waals surface area contributed by atoms with Gasteiger partial charge in [-0.1, -0.05) is 0 Å². The van der Waals surface area contributed by atoms with Gasteiger partial charge in [0.15, 0.2) is 5.52 Å². The second-order valence-corrected chi connectivity index (χ2v) is 4.61. The number of hydrogen-bond acceptors (Lipinski definition) is 5. The molecular weight excluding hydrogens is 260 g/mol. The SMILES string of the molecule is O=c1[nH]c2ncccc2c2c1ncn2CCC(O)CO. The standard InChI is InChI=1S/C13H14N4O3/c18-6-8(19)3-5-17-7-15-10-11(17)9-2-1-4-14-12(9)16-13(10)20/h1-2,4,7-8,18-19H,3,5-6H2,(H,14,16,20). The van der Waals surface area contributed by atoms with Crippen LogP contribution in [0.4, 0.5) is 0 Å². The Kier molecular flexibility index (Phi) is 3.21. The van der Waals surface area contributed by atoms with Crippen LogP contribution in [-0.4, -0.2) is 42.4 Å². The number of fused-ring (bicyclic) bond motifs is 3. The lowest BCUT2D eigenvalue weighted by atomic mass is 10.2. The fourth-order valence-electron chi connectivity index (χ4n) is 2.24. The minimum atomic E-state index is -0.779. The van der Waals surface area contributed by atoms with Crippen LogP contribution in [0.1, 0.15) is 6.42 Å². The van der Waals surface area contributed by atoms with E-state index in [2.05, 4.69) is 15.0 Å². The van der Waals surface area contributed by atoms with E-state index in [4.69, 9.17) is 5.11 Å². The number of nitrogens with one attached hydrogen (secondary N) is 1. The molecule has 3 N–H and O–H groups in total. The van der Waals surface area contributed by atoms with Gasteiger partial charge in [-0.15, -0.1) is 0 Å². The summed E-state index contributed by atoms with van der Waals surface area (Å²) in [6, 6.07) is 3.65. The lowest BCUT2D eigenvalue weighted by molar-refractivity contribution is 0.0849. The summed E-state index contributed by atoms with van der Waals surface area (Å²) >= 11 is 0. The van der Waals surface area contributed by atoms with Crippen molar-refractivity contribution in [2.24, 2.45) is 0 Å². The monoisotopic (exact) mass is 274 g/mol. The Labute approximate surface area is 113 Å². The first-order valence-corrected chi connectivity index (χ1v) is 6.31. The zero-order chi connectivity index (χ0) is 14.1. The van der Waals surface area contributed by atoms with E-state index in [1.54, 1.807) is 23.2 Å². The van der Waals surface area contributed by atoms with Gasteiger partial charge >= 0.3 is 0 Å². The van der Waals surface area contributed by atoms with E-state index in [1.165, 1.54) is 0 Å². The number of imidazole rings is 1. The van der Waals surface area contributed by atoms with Crippen LogP contribution in [0.15, 0.2) is 29.5 Å². The van der Waals surface area contributed by atoms with Crippen molar-refractivity contribution < 1.29 is 10.2 Å². The van der Waals surface area contributed by atoms with E-state index in [0.29, 0.717) is 29.6 Å². The third-order valence-corrected chi connectivity index (χ3v) is 3.26. The molecule has 0 saturated heterocycles. The van der Waals surface area contributed by atoms with Gasteiger partial charge in [0.05, 0.1) is 24.6 Å². The van der Waals surface area contributed by atoms with Crippen LogP contribution >= 0.6 is 0 Å². The van der Waals surface area contributed by atoms with Gasteiger partial charge in [0.1, 0.15) is 5.65 Å². The van der Waals surface area contributed by atoms with Crippen LogP contribution in [0.25, 0.3) is 22.1 Å². The molecule has 7 heteroatoms.